The van der Waals surface area contributed by atoms with Crippen molar-refractivity contribution >= 4 is 0 Å². The van der Waals surface area contributed by atoms with E-state index in [-0.39, 0.29) is 0 Å². The molecule has 1 saturated carbocycles. The number of hydrogen-bond donors (Lipinski definition) is 1. The first-order valence-electron chi connectivity index (χ1n) is 7.28. The highest BCUT2D eigenvalue weighted by atomic mass is 15.0. The van der Waals surface area contributed by atoms with E-state index in [0.29, 0.717) is 11.6 Å². The van der Waals surface area contributed by atoms with Gasteiger partial charge >= 0.3 is 0 Å². The third-order valence-corrected chi connectivity index (χ3v) is 4.33. The fraction of sp³-hybridized carbons (Fsp3) is 0.529. The van der Waals surface area contributed by atoms with E-state index in [1.165, 1.54) is 37.7 Å². The molecule has 0 spiro atoms. The highest BCUT2D eigenvalue weighted by molar-refractivity contribution is 5.16. The van der Waals surface area contributed by atoms with Crippen LogP contribution in [0.2, 0.25) is 0 Å². The SMILES string of the molecule is C=CCC1([NH2+][C@H](C)c2ccccc2)CCCCC1. The largest absolute Gasteiger partial charge is 0.335 e. The second-order valence-corrected chi connectivity index (χ2v) is 5.78. The molecular formula is C17H26N+. The number of benzene rings is 1. The van der Waals surface area contributed by atoms with Gasteiger partial charge in [-0.3, -0.25) is 0 Å². The quantitative estimate of drug-likeness (QED) is 0.762. The van der Waals surface area contributed by atoms with E-state index >= 15 is 0 Å². The second kappa shape index (κ2) is 6.19. The van der Waals surface area contributed by atoms with Gasteiger partial charge in [-0.15, -0.1) is 6.58 Å². The fourth-order valence-electron chi connectivity index (χ4n) is 3.37. The van der Waals surface area contributed by atoms with E-state index in [4.69, 9.17) is 0 Å². The van der Waals surface area contributed by atoms with Crippen LogP contribution < -0.4 is 5.32 Å². The van der Waals surface area contributed by atoms with Crippen molar-refractivity contribution in [3.8, 4) is 0 Å². The lowest BCUT2D eigenvalue weighted by atomic mass is 9.78. The van der Waals surface area contributed by atoms with Gasteiger partial charge in [0, 0.05) is 24.8 Å². The molecule has 1 aliphatic carbocycles. The van der Waals surface area contributed by atoms with Crippen molar-refractivity contribution in [2.45, 2.75) is 57.0 Å². The van der Waals surface area contributed by atoms with Crippen LogP contribution >= 0.6 is 0 Å². The van der Waals surface area contributed by atoms with Crippen LogP contribution in [-0.4, -0.2) is 5.54 Å². The molecule has 0 radical (unpaired) electrons. The molecule has 0 unspecified atom stereocenters. The van der Waals surface area contributed by atoms with Crippen molar-refractivity contribution in [2.75, 3.05) is 0 Å². The molecule has 0 amide bonds. The molecule has 1 fully saturated rings. The highest BCUT2D eigenvalue weighted by Gasteiger charge is 2.35. The summed E-state index contributed by atoms with van der Waals surface area (Å²) in [5, 5.41) is 2.60. The Morgan fingerprint density at radius 2 is 1.89 bits per heavy atom. The van der Waals surface area contributed by atoms with Gasteiger partial charge < -0.3 is 5.32 Å². The maximum absolute atomic E-state index is 3.96. The van der Waals surface area contributed by atoms with E-state index in [9.17, 15) is 0 Å². The number of nitrogens with two attached hydrogens (primary N) is 1. The predicted octanol–water partition coefficient (Wildman–Crippen LogP) is 3.59. The highest BCUT2D eigenvalue weighted by Crippen LogP contribution is 2.29. The smallest absolute Gasteiger partial charge is 0.109 e. The van der Waals surface area contributed by atoms with Crippen LogP contribution in [0.5, 0.6) is 0 Å². The Morgan fingerprint density at radius 1 is 1.22 bits per heavy atom. The van der Waals surface area contributed by atoms with Gasteiger partial charge in [0.1, 0.15) is 11.6 Å². The standard InChI is InChI=1S/C17H25N/c1-3-12-17(13-8-5-9-14-17)18-15(2)16-10-6-4-7-11-16/h3-4,6-7,10-11,15,18H,1,5,8-9,12-14H2,2H3/p+1/t15-/m1/s1. The topological polar surface area (TPSA) is 16.6 Å². The van der Waals surface area contributed by atoms with E-state index in [1.807, 2.05) is 0 Å². The molecule has 0 aliphatic heterocycles. The Morgan fingerprint density at radius 3 is 2.50 bits per heavy atom. The molecule has 1 atom stereocenters. The lowest BCUT2D eigenvalue weighted by Crippen LogP contribution is -2.97. The van der Waals surface area contributed by atoms with Gasteiger partial charge in [-0.2, -0.15) is 0 Å². The third-order valence-electron chi connectivity index (χ3n) is 4.33. The van der Waals surface area contributed by atoms with Crippen molar-refractivity contribution in [1.82, 2.24) is 0 Å². The number of quaternary nitrogens is 1. The van der Waals surface area contributed by atoms with Crippen LogP contribution in [0.15, 0.2) is 43.0 Å². The van der Waals surface area contributed by atoms with Crippen molar-refractivity contribution in [3.63, 3.8) is 0 Å². The Kier molecular flexibility index (Phi) is 4.60. The first-order chi connectivity index (χ1) is 8.76. The maximum atomic E-state index is 3.96. The summed E-state index contributed by atoms with van der Waals surface area (Å²) in [5.41, 5.74) is 1.85. The first kappa shape index (κ1) is 13.4. The number of hydrogen-bond acceptors (Lipinski definition) is 0. The summed E-state index contributed by atoms with van der Waals surface area (Å²) in [5.74, 6) is 0. The minimum absolute atomic E-state index is 0.412. The zero-order valence-corrected chi connectivity index (χ0v) is 11.6. The van der Waals surface area contributed by atoms with Crippen LogP contribution in [0.1, 0.15) is 57.1 Å². The summed E-state index contributed by atoms with van der Waals surface area (Å²) >= 11 is 0. The maximum Gasteiger partial charge on any atom is 0.109 e. The summed E-state index contributed by atoms with van der Waals surface area (Å²) in [6, 6.07) is 11.4. The van der Waals surface area contributed by atoms with E-state index in [0.717, 1.165) is 6.42 Å². The molecule has 18 heavy (non-hydrogen) atoms. The lowest BCUT2D eigenvalue weighted by Gasteiger charge is -2.36. The molecule has 0 saturated heterocycles. The van der Waals surface area contributed by atoms with E-state index < -0.39 is 0 Å². The zero-order chi connectivity index (χ0) is 12.8. The van der Waals surface area contributed by atoms with Crippen LogP contribution in [0.25, 0.3) is 0 Å². The normalized spacial score (nSPS) is 20.3. The Bertz CT molecular complexity index is 362. The fourth-order valence-corrected chi connectivity index (χ4v) is 3.37. The molecule has 0 heterocycles. The van der Waals surface area contributed by atoms with Gasteiger partial charge in [0.15, 0.2) is 0 Å². The average Bonchev–Trinajstić information content (AvgIpc) is 2.41. The summed E-state index contributed by atoms with van der Waals surface area (Å²) in [7, 11) is 0. The van der Waals surface area contributed by atoms with Crippen LogP contribution in [-0.2, 0) is 0 Å². The van der Waals surface area contributed by atoms with Gasteiger partial charge in [-0.25, -0.2) is 0 Å². The monoisotopic (exact) mass is 244 g/mol. The Labute approximate surface area is 111 Å². The minimum Gasteiger partial charge on any atom is -0.335 e. The summed E-state index contributed by atoms with van der Waals surface area (Å²) in [6.07, 6.45) is 10.1. The number of rotatable bonds is 5. The van der Waals surface area contributed by atoms with Crippen molar-refractivity contribution < 1.29 is 5.32 Å². The summed E-state index contributed by atoms with van der Waals surface area (Å²) < 4.78 is 0. The molecule has 0 bridgehead atoms. The van der Waals surface area contributed by atoms with Gasteiger partial charge in [0.05, 0.1) is 0 Å². The average molecular weight is 244 g/mol. The van der Waals surface area contributed by atoms with Gasteiger partial charge in [-0.05, 0) is 19.8 Å². The van der Waals surface area contributed by atoms with Crippen molar-refractivity contribution in [1.29, 1.82) is 0 Å². The Balaban J connectivity index is 2.06. The van der Waals surface area contributed by atoms with Crippen molar-refractivity contribution in [2.24, 2.45) is 0 Å². The molecule has 1 aromatic rings. The van der Waals surface area contributed by atoms with Gasteiger partial charge in [0.2, 0.25) is 0 Å². The molecule has 1 aliphatic rings. The molecule has 1 heteroatoms. The van der Waals surface area contributed by atoms with Crippen LogP contribution in [0, 0.1) is 0 Å². The first-order valence-corrected chi connectivity index (χ1v) is 7.28. The van der Waals surface area contributed by atoms with Crippen LogP contribution in [0.4, 0.5) is 0 Å². The molecule has 0 aromatic heterocycles. The molecule has 1 aromatic carbocycles. The molecule has 98 valence electrons. The van der Waals surface area contributed by atoms with Crippen molar-refractivity contribution in [3.05, 3.63) is 48.6 Å². The zero-order valence-electron chi connectivity index (χ0n) is 11.6. The lowest BCUT2D eigenvalue weighted by molar-refractivity contribution is -0.763. The van der Waals surface area contributed by atoms with Gasteiger partial charge in [-0.1, -0.05) is 42.8 Å². The third kappa shape index (κ3) is 3.23. The summed E-state index contributed by atoms with van der Waals surface area (Å²) in [4.78, 5) is 0. The van der Waals surface area contributed by atoms with Gasteiger partial charge in [0.25, 0.3) is 0 Å². The van der Waals surface area contributed by atoms with E-state index in [2.05, 4.69) is 55.2 Å². The minimum atomic E-state index is 0.412. The molecule has 1 nitrogen and oxygen atoms in total. The van der Waals surface area contributed by atoms with E-state index in [1.54, 1.807) is 0 Å². The molecule has 2 N–H and O–H groups in total. The Hall–Kier alpha value is -1.08. The summed E-state index contributed by atoms with van der Waals surface area (Å²) in [6.45, 7) is 6.29. The molecular weight excluding hydrogens is 218 g/mol. The van der Waals surface area contributed by atoms with Crippen LogP contribution in [0.3, 0.4) is 0 Å². The predicted molar refractivity (Wildman–Crippen MR) is 77.4 cm³/mol. The molecule has 2 rings (SSSR count). The second-order valence-electron chi connectivity index (χ2n) is 5.78.